The zero-order chi connectivity index (χ0) is 17.4. The molecule has 0 aliphatic heterocycles. The lowest BCUT2D eigenvalue weighted by Crippen LogP contribution is -2.01. The Bertz CT molecular complexity index is 941. The molecular formula is C21H20N2O2. The molecule has 0 radical (unpaired) electrons. The molecular weight excluding hydrogens is 312 g/mol. The maximum atomic E-state index is 5.49. The Morgan fingerprint density at radius 2 is 1.96 bits per heavy atom. The zero-order valence-corrected chi connectivity index (χ0v) is 14.6. The first-order chi connectivity index (χ1) is 12.2. The molecule has 1 aliphatic rings. The summed E-state index contributed by atoms with van der Waals surface area (Å²) in [4.78, 5) is 4.55. The third-order valence-electron chi connectivity index (χ3n) is 4.65. The SMILES string of the molecule is COc1cccc(-c2noc(-c3ccc4c(c3)C=CC4C(C)C)n2)c1. The van der Waals surface area contributed by atoms with E-state index in [1.165, 1.54) is 11.1 Å². The van der Waals surface area contributed by atoms with E-state index >= 15 is 0 Å². The maximum absolute atomic E-state index is 5.49. The van der Waals surface area contributed by atoms with E-state index < -0.39 is 0 Å². The first-order valence-electron chi connectivity index (χ1n) is 8.46. The van der Waals surface area contributed by atoms with Crippen LogP contribution in [0.3, 0.4) is 0 Å². The highest BCUT2D eigenvalue weighted by molar-refractivity contribution is 5.69. The summed E-state index contributed by atoms with van der Waals surface area (Å²) < 4.78 is 10.7. The van der Waals surface area contributed by atoms with Crippen molar-refractivity contribution in [3.63, 3.8) is 0 Å². The molecule has 0 spiro atoms. The second kappa shape index (κ2) is 6.20. The molecule has 0 bridgehead atoms. The van der Waals surface area contributed by atoms with E-state index in [9.17, 15) is 0 Å². The molecule has 1 atom stereocenters. The van der Waals surface area contributed by atoms with E-state index in [4.69, 9.17) is 9.26 Å². The first-order valence-corrected chi connectivity index (χ1v) is 8.46. The number of rotatable bonds is 4. The van der Waals surface area contributed by atoms with E-state index in [0.29, 0.717) is 23.6 Å². The molecule has 0 amide bonds. The second-order valence-corrected chi connectivity index (χ2v) is 6.63. The number of hydrogen-bond donors (Lipinski definition) is 0. The molecule has 4 rings (SSSR count). The molecule has 1 heterocycles. The van der Waals surface area contributed by atoms with E-state index in [-0.39, 0.29) is 0 Å². The molecule has 25 heavy (non-hydrogen) atoms. The predicted octanol–water partition coefficient (Wildman–Crippen LogP) is 5.18. The van der Waals surface area contributed by atoms with Crippen LogP contribution in [0.5, 0.6) is 5.75 Å². The molecule has 1 unspecified atom stereocenters. The van der Waals surface area contributed by atoms with Crippen molar-refractivity contribution in [2.45, 2.75) is 19.8 Å². The van der Waals surface area contributed by atoms with Crippen molar-refractivity contribution in [3.05, 3.63) is 59.7 Å². The van der Waals surface area contributed by atoms with Gasteiger partial charge in [-0.2, -0.15) is 4.98 Å². The van der Waals surface area contributed by atoms with Gasteiger partial charge in [-0.25, -0.2) is 0 Å². The number of benzene rings is 2. The van der Waals surface area contributed by atoms with Crippen LogP contribution < -0.4 is 4.74 Å². The van der Waals surface area contributed by atoms with Crippen LogP contribution in [0, 0.1) is 5.92 Å². The van der Waals surface area contributed by atoms with Gasteiger partial charge in [0.15, 0.2) is 0 Å². The van der Waals surface area contributed by atoms with Crippen LogP contribution in [-0.2, 0) is 0 Å². The quantitative estimate of drug-likeness (QED) is 0.660. The molecule has 4 heteroatoms. The summed E-state index contributed by atoms with van der Waals surface area (Å²) in [6.45, 7) is 4.49. The lowest BCUT2D eigenvalue weighted by molar-refractivity contribution is 0.414. The summed E-state index contributed by atoms with van der Waals surface area (Å²) in [5.41, 5.74) is 4.41. The van der Waals surface area contributed by atoms with Crippen LogP contribution >= 0.6 is 0 Å². The van der Waals surface area contributed by atoms with E-state index in [2.05, 4.69) is 54.3 Å². The van der Waals surface area contributed by atoms with E-state index in [0.717, 1.165) is 16.9 Å². The van der Waals surface area contributed by atoms with Crippen molar-refractivity contribution in [2.75, 3.05) is 7.11 Å². The molecule has 1 aliphatic carbocycles. The Kier molecular flexibility index (Phi) is 3.88. The normalized spacial score (nSPS) is 15.6. The molecule has 1 aromatic heterocycles. The van der Waals surface area contributed by atoms with Gasteiger partial charge in [-0.3, -0.25) is 0 Å². The van der Waals surface area contributed by atoms with Gasteiger partial charge in [-0.05, 0) is 41.3 Å². The monoisotopic (exact) mass is 332 g/mol. The fourth-order valence-electron chi connectivity index (χ4n) is 3.27. The molecule has 126 valence electrons. The van der Waals surface area contributed by atoms with Crippen molar-refractivity contribution in [3.8, 4) is 28.6 Å². The Hall–Kier alpha value is -2.88. The minimum atomic E-state index is 0.485. The lowest BCUT2D eigenvalue weighted by Gasteiger charge is -2.14. The Morgan fingerprint density at radius 1 is 1.08 bits per heavy atom. The number of hydrogen-bond acceptors (Lipinski definition) is 4. The zero-order valence-electron chi connectivity index (χ0n) is 14.6. The number of ether oxygens (including phenoxy) is 1. The van der Waals surface area contributed by atoms with Gasteiger partial charge in [-0.15, -0.1) is 0 Å². The maximum Gasteiger partial charge on any atom is 0.258 e. The minimum absolute atomic E-state index is 0.485. The Labute approximate surface area is 147 Å². The van der Waals surface area contributed by atoms with Crippen molar-refractivity contribution in [1.29, 1.82) is 0 Å². The van der Waals surface area contributed by atoms with Gasteiger partial charge in [-0.1, -0.05) is 49.4 Å². The second-order valence-electron chi connectivity index (χ2n) is 6.63. The minimum Gasteiger partial charge on any atom is -0.497 e. The van der Waals surface area contributed by atoms with Crippen LogP contribution in [0.15, 0.2) is 53.1 Å². The average Bonchev–Trinajstić information content (AvgIpc) is 3.28. The third kappa shape index (κ3) is 2.84. The number of nitrogens with zero attached hydrogens (tertiary/aromatic N) is 2. The van der Waals surface area contributed by atoms with Crippen LogP contribution in [0.25, 0.3) is 28.9 Å². The highest BCUT2D eigenvalue weighted by atomic mass is 16.5. The Morgan fingerprint density at radius 3 is 2.76 bits per heavy atom. The largest absolute Gasteiger partial charge is 0.497 e. The van der Waals surface area contributed by atoms with Crippen LogP contribution in [0.4, 0.5) is 0 Å². The summed E-state index contributed by atoms with van der Waals surface area (Å²) >= 11 is 0. The summed E-state index contributed by atoms with van der Waals surface area (Å²) in [6, 6.07) is 14.0. The fourth-order valence-corrected chi connectivity index (χ4v) is 3.27. The molecule has 0 fully saturated rings. The van der Waals surface area contributed by atoms with Gasteiger partial charge >= 0.3 is 0 Å². The van der Waals surface area contributed by atoms with Crippen LogP contribution in [0.1, 0.15) is 30.9 Å². The molecule has 4 nitrogen and oxygen atoms in total. The first kappa shape index (κ1) is 15.6. The number of fused-ring (bicyclic) bond motifs is 1. The Balaban J connectivity index is 1.66. The third-order valence-corrected chi connectivity index (χ3v) is 4.65. The molecule has 0 saturated carbocycles. The number of methoxy groups -OCH3 is 1. The summed E-state index contributed by atoms with van der Waals surface area (Å²) in [5.74, 6) is 2.93. The molecule has 0 saturated heterocycles. The standard InChI is InChI=1S/C21H20N2O2/c1-13(2)18-9-7-14-11-16(8-10-19(14)18)21-22-20(23-25-21)15-5-4-6-17(12-15)24-3/h4-13,18H,1-3H3. The van der Waals surface area contributed by atoms with Gasteiger partial charge in [0.25, 0.3) is 5.89 Å². The highest BCUT2D eigenvalue weighted by Crippen LogP contribution is 2.37. The summed E-state index contributed by atoms with van der Waals surface area (Å²) in [5, 5.41) is 4.12. The molecule has 3 aromatic rings. The van der Waals surface area contributed by atoms with Crippen molar-refractivity contribution < 1.29 is 9.26 Å². The van der Waals surface area contributed by atoms with Crippen LogP contribution in [-0.4, -0.2) is 17.3 Å². The van der Waals surface area contributed by atoms with E-state index in [1.807, 2.05) is 24.3 Å². The van der Waals surface area contributed by atoms with Gasteiger partial charge in [0, 0.05) is 17.0 Å². The topological polar surface area (TPSA) is 48.2 Å². The highest BCUT2D eigenvalue weighted by Gasteiger charge is 2.21. The van der Waals surface area contributed by atoms with Gasteiger partial charge < -0.3 is 9.26 Å². The average molecular weight is 332 g/mol. The summed E-state index contributed by atoms with van der Waals surface area (Å²) in [7, 11) is 1.64. The van der Waals surface area contributed by atoms with Crippen molar-refractivity contribution in [2.24, 2.45) is 5.92 Å². The van der Waals surface area contributed by atoms with Gasteiger partial charge in [0.2, 0.25) is 5.82 Å². The van der Waals surface area contributed by atoms with E-state index in [1.54, 1.807) is 7.11 Å². The predicted molar refractivity (Wildman–Crippen MR) is 98.3 cm³/mol. The lowest BCUT2D eigenvalue weighted by atomic mass is 9.90. The van der Waals surface area contributed by atoms with Crippen LogP contribution in [0.2, 0.25) is 0 Å². The van der Waals surface area contributed by atoms with Crippen molar-refractivity contribution >= 4 is 6.08 Å². The number of aromatic nitrogens is 2. The van der Waals surface area contributed by atoms with Crippen molar-refractivity contribution in [1.82, 2.24) is 10.1 Å². The fraction of sp³-hybridized carbons (Fsp3) is 0.238. The summed E-state index contributed by atoms with van der Waals surface area (Å²) in [6.07, 6.45) is 4.46. The smallest absolute Gasteiger partial charge is 0.258 e. The number of allylic oxidation sites excluding steroid dienone is 1. The molecule has 0 N–H and O–H groups in total. The van der Waals surface area contributed by atoms with Gasteiger partial charge in [0.1, 0.15) is 5.75 Å². The van der Waals surface area contributed by atoms with Gasteiger partial charge in [0.05, 0.1) is 7.11 Å². The molecule has 2 aromatic carbocycles.